The molecule has 0 atom stereocenters. The Hall–Kier alpha value is -0.520. The van der Waals surface area contributed by atoms with Crippen LogP contribution in [0.4, 0.5) is 0 Å². The lowest BCUT2D eigenvalue weighted by atomic mass is 9.80. The van der Waals surface area contributed by atoms with Crippen LogP contribution in [0, 0.1) is 11.8 Å². The highest BCUT2D eigenvalue weighted by atomic mass is 14.2. The molecule has 1 saturated carbocycles. The lowest BCUT2D eigenvalue weighted by molar-refractivity contribution is 0.297. The maximum absolute atomic E-state index is 2.45. The molecule has 0 aromatic carbocycles. The summed E-state index contributed by atoms with van der Waals surface area (Å²) in [5, 5.41) is 0. The molecule has 0 aromatic heterocycles. The van der Waals surface area contributed by atoms with Crippen LogP contribution in [0.3, 0.4) is 0 Å². The largest absolute Gasteiger partial charge is 0.0917 e. The Morgan fingerprint density at radius 3 is 2.40 bits per heavy atom. The molecule has 15 heavy (non-hydrogen) atoms. The van der Waals surface area contributed by atoms with Crippen molar-refractivity contribution in [1.29, 1.82) is 0 Å². The van der Waals surface area contributed by atoms with E-state index in [-0.39, 0.29) is 0 Å². The van der Waals surface area contributed by atoms with Crippen molar-refractivity contribution in [3.05, 3.63) is 24.3 Å². The number of allylic oxidation sites excluding steroid dienone is 4. The van der Waals surface area contributed by atoms with Gasteiger partial charge in [0.2, 0.25) is 0 Å². The zero-order chi connectivity index (χ0) is 10.9. The van der Waals surface area contributed by atoms with Crippen LogP contribution in [-0.4, -0.2) is 0 Å². The van der Waals surface area contributed by atoms with Crippen LogP contribution < -0.4 is 0 Å². The highest BCUT2D eigenvalue weighted by Gasteiger charge is 2.18. The molecule has 0 unspecified atom stereocenters. The second-order valence-electron chi connectivity index (χ2n) is 4.76. The van der Waals surface area contributed by atoms with Gasteiger partial charge in [0.25, 0.3) is 0 Å². The number of hydrogen-bond donors (Lipinski definition) is 0. The minimum absolute atomic E-state index is 0.892. The average molecular weight is 206 g/mol. The SMILES string of the molecule is CC=CCCC1CCC(C=CCC)CC1. The molecule has 0 aromatic rings. The summed E-state index contributed by atoms with van der Waals surface area (Å²) < 4.78 is 0. The number of hydrogen-bond acceptors (Lipinski definition) is 0. The third kappa shape index (κ3) is 5.20. The molecule has 1 fully saturated rings. The fourth-order valence-electron chi connectivity index (χ4n) is 2.50. The van der Waals surface area contributed by atoms with Crippen LogP contribution in [0.2, 0.25) is 0 Å². The summed E-state index contributed by atoms with van der Waals surface area (Å²) in [5.41, 5.74) is 0. The molecule has 86 valence electrons. The maximum Gasteiger partial charge on any atom is -0.0233 e. The van der Waals surface area contributed by atoms with E-state index >= 15 is 0 Å². The molecule has 1 aliphatic carbocycles. The van der Waals surface area contributed by atoms with Crippen molar-refractivity contribution in [2.45, 2.75) is 58.8 Å². The zero-order valence-electron chi connectivity index (χ0n) is 10.4. The Kier molecular flexibility index (Phi) is 6.47. The highest BCUT2D eigenvalue weighted by Crippen LogP contribution is 2.32. The molecule has 0 saturated heterocycles. The molecule has 0 nitrogen and oxygen atoms in total. The molecule has 1 aliphatic rings. The Bertz CT molecular complexity index is 192. The summed E-state index contributed by atoms with van der Waals surface area (Å²) >= 11 is 0. The Morgan fingerprint density at radius 2 is 1.80 bits per heavy atom. The van der Waals surface area contributed by atoms with Crippen molar-refractivity contribution < 1.29 is 0 Å². The number of rotatable bonds is 5. The molecule has 0 amide bonds. The first-order valence-corrected chi connectivity index (χ1v) is 6.64. The van der Waals surface area contributed by atoms with Crippen molar-refractivity contribution in [2.24, 2.45) is 11.8 Å². The van der Waals surface area contributed by atoms with Crippen LogP contribution in [-0.2, 0) is 0 Å². The summed E-state index contributed by atoms with van der Waals surface area (Å²) in [6, 6.07) is 0. The first-order chi connectivity index (χ1) is 7.36. The van der Waals surface area contributed by atoms with Gasteiger partial charge >= 0.3 is 0 Å². The second-order valence-corrected chi connectivity index (χ2v) is 4.76. The third-order valence-electron chi connectivity index (χ3n) is 3.51. The minimum atomic E-state index is 0.892. The molecule has 0 heteroatoms. The van der Waals surface area contributed by atoms with Crippen LogP contribution in [0.1, 0.15) is 58.8 Å². The second kappa shape index (κ2) is 7.73. The van der Waals surface area contributed by atoms with Crippen molar-refractivity contribution >= 4 is 0 Å². The van der Waals surface area contributed by atoms with Gasteiger partial charge in [0.15, 0.2) is 0 Å². The standard InChI is InChI=1S/C15H26/c1-3-5-7-9-15-12-10-14(11-13-15)8-6-4-2/h3,5-6,8,14-15H,4,7,9-13H2,1-2H3. The summed E-state index contributed by atoms with van der Waals surface area (Å²) in [7, 11) is 0. The first kappa shape index (κ1) is 12.5. The first-order valence-electron chi connectivity index (χ1n) is 6.64. The van der Waals surface area contributed by atoms with E-state index < -0.39 is 0 Å². The van der Waals surface area contributed by atoms with E-state index in [1.807, 2.05) is 0 Å². The van der Waals surface area contributed by atoms with E-state index in [0.29, 0.717) is 0 Å². The van der Waals surface area contributed by atoms with Gasteiger partial charge in [-0.1, -0.05) is 31.2 Å². The molecule has 0 spiro atoms. The van der Waals surface area contributed by atoms with Crippen molar-refractivity contribution in [1.82, 2.24) is 0 Å². The summed E-state index contributed by atoms with van der Waals surface area (Å²) in [6.07, 6.45) is 18.9. The van der Waals surface area contributed by atoms with Crippen LogP contribution >= 0.6 is 0 Å². The van der Waals surface area contributed by atoms with Gasteiger partial charge in [0.1, 0.15) is 0 Å². The fourth-order valence-corrected chi connectivity index (χ4v) is 2.50. The summed E-state index contributed by atoms with van der Waals surface area (Å²) in [4.78, 5) is 0. The van der Waals surface area contributed by atoms with E-state index in [1.54, 1.807) is 0 Å². The summed E-state index contributed by atoms with van der Waals surface area (Å²) in [5.74, 6) is 1.90. The van der Waals surface area contributed by atoms with Crippen LogP contribution in [0.5, 0.6) is 0 Å². The minimum Gasteiger partial charge on any atom is -0.0917 e. The quantitative estimate of drug-likeness (QED) is 0.548. The van der Waals surface area contributed by atoms with Crippen LogP contribution in [0.25, 0.3) is 0 Å². The van der Waals surface area contributed by atoms with Gasteiger partial charge in [-0.3, -0.25) is 0 Å². The van der Waals surface area contributed by atoms with E-state index in [1.165, 1.54) is 44.9 Å². The van der Waals surface area contributed by atoms with Gasteiger partial charge < -0.3 is 0 Å². The zero-order valence-corrected chi connectivity index (χ0v) is 10.4. The predicted octanol–water partition coefficient (Wildman–Crippen LogP) is 5.12. The molecular formula is C15H26. The van der Waals surface area contributed by atoms with E-state index in [2.05, 4.69) is 38.2 Å². The van der Waals surface area contributed by atoms with Gasteiger partial charge in [0.05, 0.1) is 0 Å². The van der Waals surface area contributed by atoms with E-state index in [4.69, 9.17) is 0 Å². The average Bonchev–Trinajstić information content (AvgIpc) is 2.28. The molecule has 0 bridgehead atoms. The monoisotopic (exact) mass is 206 g/mol. The smallest absolute Gasteiger partial charge is 0.0233 e. The van der Waals surface area contributed by atoms with E-state index in [9.17, 15) is 0 Å². The van der Waals surface area contributed by atoms with E-state index in [0.717, 1.165) is 11.8 Å². The highest BCUT2D eigenvalue weighted by molar-refractivity contribution is 4.90. The van der Waals surface area contributed by atoms with Gasteiger partial charge in [-0.2, -0.15) is 0 Å². The Morgan fingerprint density at radius 1 is 1.07 bits per heavy atom. The Labute approximate surface area is 95.5 Å². The van der Waals surface area contributed by atoms with Crippen molar-refractivity contribution in [3.8, 4) is 0 Å². The third-order valence-corrected chi connectivity index (χ3v) is 3.51. The van der Waals surface area contributed by atoms with Gasteiger partial charge in [0, 0.05) is 0 Å². The van der Waals surface area contributed by atoms with Gasteiger partial charge in [-0.25, -0.2) is 0 Å². The Balaban J connectivity index is 2.15. The molecule has 0 radical (unpaired) electrons. The maximum atomic E-state index is 2.45. The molecule has 0 aliphatic heterocycles. The normalized spacial score (nSPS) is 27.9. The lowest BCUT2D eigenvalue weighted by Gasteiger charge is -2.26. The molecule has 0 N–H and O–H groups in total. The van der Waals surface area contributed by atoms with Crippen LogP contribution in [0.15, 0.2) is 24.3 Å². The van der Waals surface area contributed by atoms with Gasteiger partial charge in [-0.05, 0) is 63.7 Å². The molecular weight excluding hydrogens is 180 g/mol. The molecule has 0 heterocycles. The van der Waals surface area contributed by atoms with Gasteiger partial charge in [-0.15, -0.1) is 0 Å². The topological polar surface area (TPSA) is 0 Å². The van der Waals surface area contributed by atoms with Crippen molar-refractivity contribution in [3.63, 3.8) is 0 Å². The lowest BCUT2D eigenvalue weighted by Crippen LogP contribution is -2.12. The summed E-state index contributed by atoms with van der Waals surface area (Å²) in [6.45, 7) is 4.34. The predicted molar refractivity (Wildman–Crippen MR) is 68.9 cm³/mol. The molecule has 1 rings (SSSR count). The van der Waals surface area contributed by atoms with Crippen molar-refractivity contribution in [2.75, 3.05) is 0 Å². The fraction of sp³-hybridized carbons (Fsp3) is 0.733.